The molecule has 11 heavy (non-hydrogen) atoms. The molecule has 0 atom stereocenters. The van der Waals surface area contributed by atoms with Gasteiger partial charge in [-0.15, -0.1) is 0 Å². The number of fused-ring (bicyclic) bond motifs is 1. The van der Waals surface area contributed by atoms with E-state index < -0.39 is 6.03 Å². The van der Waals surface area contributed by atoms with Crippen LogP contribution in [0.1, 0.15) is 0 Å². The van der Waals surface area contributed by atoms with Gasteiger partial charge < -0.3 is 11.5 Å². The normalized spacial score (nSPS) is 10.5. The lowest BCUT2D eigenvalue weighted by Crippen LogP contribution is -2.18. The molecule has 0 saturated carbocycles. The predicted molar refractivity (Wildman–Crippen MR) is 44.3 cm³/mol. The van der Waals surface area contributed by atoms with Crippen LogP contribution in [-0.4, -0.2) is 6.03 Å². The maximum Gasteiger partial charge on any atom is 0.309 e. The molecule has 58 valence electrons. The first kappa shape index (κ1) is 7.94. The number of rotatable bonds is 0. The summed E-state index contributed by atoms with van der Waals surface area (Å²) in [6.45, 7) is 0. The minimum Gasteiger partial charge on any atom is -0.352 e. The van der Waals surface area contributed by atoms with Crippen LogP contribution in [0.2, 0.25) is 0 Å². The van der Waals surface area contributed by atoms with Crippen molar-refractivity contribution in [2.45, 2.75) is 9.79 Å². The molecule has 0 saturated heterocycles. The van der Waals surface area contributed by atoms with Gasteiger partial charge in [0.2, 0.25) is 0 Å². The van der Waals surface area contributed by atoms with E-state index in [1.807, 2.05) is 11.8 Å². The second-order valence-electron chi connectivity index (χ2n) is 1.95. The van der Waals surface area contributed by atoms with Gasteiger partial charge in [0.15, 0.2) is 0 Å². The summed E-state index contributed by atoms with van der Waals surface area (Å²) in [6, 6.07) is 7.58. The number of hydrogen-bond donors (Lipinski definition) is 2. The van der Waals surface area contributed by atoms with Gasteiger partial charge >= 0.3 is 6.03 Å². The van der Waals surface area contributed by atoms with Gasteiger partial charge in [0, 0.05) is 9.79 Å². The van der Waals surface area contributed by atoms with Crippen molar-refractivity contribution >= 4 is 17.8 Å². The average Bonchev–Trinajstić information content (AvgIpc) is 2.62. The van der Waals surface area contributed by atoms with Gasteiger partial charge in [-0.1, -0.05) is 23.9 Å². The summed E-state index contributed by atoms with van der Waals surface area (Å²) in [6.07, 6.45) is 0. The van der Waals surface area contributed by atoms with Crippen molar-refractivity contribution < 1.29 is 4.79 Å². The Balaban J connectivity index is 0.000000134. The lowest BCUT2D eigenvalue weighted by molar-refractivity contribution is 0.256. The van der Waals surface area contributed by atoms with E-state index in [2.05, 4.69) is 35.7 Å². The highest BCUT2D eigenvalue weighted by atomic mass is 32.2. The van der Waals surface area contributed by atoms with E-state index in [0.29, 0.717) is 0 Å². The third-order valence-electron chi connectivity index (χ3n) is 1.03. The Bertz CT molecular complexity index is 250. The number of urea groups is 1. The first-order valence-electron chi connectivity index (χ1n) is 3.02. The van der Waals surface area contributed by atoms with Crippen molar-refractivity contribution in [3.05, 3.63) is 24.3 Å². The van der Waals surface area contributed by atoms with Crippen molar-refractivity contribution in [1.29, 1.82) is 0 Å². The SMILES string of the molecule is NC(N)=O.c1ccc2c(c1)S2. The number of hydrogen-bond acceptors (Lipinski definition) is 2. The molecule has 0 aromatic heterocycles. The lowest BCUT2D eigenvalue weighted by Gasteiger charge is -1.66. The molecular formula is C7H8N2OS. The monoisotopic (exact) mass is 168 g/mol. The molecule has 4 N–H and O–H groups in total. The molecule has 0 unspecified atom stereocenters. The Kier molecular flexibility index (Phi) is 2.38. The molecule has 1 aromatic rings. The smallest absolute Gasteiger partial charge is 0.309 e. The molecule has 0 radical (unpaired) electrons. The maximum absolute atomic E-state index is 9.00. The number of carbonyl (C=O) groups excluding carboxylic acids is 1. The molecule has 1 heterocycles. The molecule has 0 spiro atoms. The summed E-state index contributed by atoms with van der Waals surface area (Å²) < 4.78 is 0. The van der Waals surface area contributed by atoms with E-state index >= 15 is 0 Å². The molecule has 3 nitrogen and oxygen atoms in total. The van der Waals surface area contributed by atoms with Gasteiger partial charge in [0.25, 0.3) is 0 Å². The second kappa shape index (κ2) is 3.30. The third kappa shape index (κ3) is 2.95. The maximum atomic E-state index is 9.00. The standard InChI is InChI=1S/C6H4S.CH4N2O/c1-2-4-6-5(3-1)7-6;2-1(3)4/h1-4H;(H4,2,3,4). The third-order valence-corrected chi connectivity index (χ3v) is 1.98. The van der Waals surface area contributed by atoms with Crippen molar-refractivity contribution in [3.63, 3.8) is 0 Å². The van der Waals surface area contributed by atoms with Crippen LogP contribution in [0.3, 0.4) is 0 Å². The zero-order valence-electron chi connectivity index (χ0n) is 5.78. The Morgan fingerprint density at radius 1 is 1.18 bits per heavy atom. The van der Waals surface area contributed by atoms with Gasteiger partial charge in [-0.2, -0.15) is 0 Å². The number of benzene rings is 1. The van der Waals surface area contributed by atoms with Gasteiger partial charge in [-0.25, -0.2) is 4.79 Å². The van der Waals surface area contributed by atoms with Crippen LogP contribution < -0.4 is 11.5 Å². The van der Waals surface area contributed by atoms with Crippen molar-refractivity contribution in [2.24, 2.45) is 11.5 Å². The topological polar surface area (TPSA) is 69.1 Å². The molecule has 2 rings (SSSR count). The molecule has 1 aliphatic rings. The zero-order chi connectivity index (χ0) is 8.27. The first-order chi connectivity index (χ1) is 5.20. The van der Waals surface area contributed by atoms with Gasteiger partial charge in [0.05, 0.1) is 0 Å². The van der Waals surface area contributed by atoms with E-state index in [1.54, 1.807) is 0 Å². The molecule has 1 aliphatic heterocycles. The van der Waals surface area contributed by atoms with Crippen LogP contribution in [0.25, 0.3) is 0 Å². The fourth-order valence-corrected chi connectivity index (χ4v) is 1.23. The second-order valence-corrected chi connectivity index (χ2v) is 3.03. The fraction of sp³-hybridized carbons (Fsp3) is 0. The van der Waals surface area contributed by atoms with Crippen molar-refractivity contribution in [2.75, 3.05) is 0 Å². The summed E-state index contributed by atoms with van der Waals surface area (Å²) in [7, 11) is 0. The van der Waals surface area contributed by atoms with Crippen LogP contribution >= 0.6 is 11.8 Å². The van der Waals surface area contributed by atoms with Gasteiger partial charge in [0.1, 0.15) is 0 Å². The first-order valence-corrected chi connectivity index (χ1v) is 3.83. The van der Waals surface area contributed by atoms with Crippen LogP contribution in [0.15, 0.2) is 34.1 Å². The Labute approximate surface area is 68.8 Å². The number of nitrogens with two attached hydrogens (primary N) is 2. The summed E-state index contributed by atoms with van der Waals surface area (Å²) in [5.74, 6) is 0. The van der Waals surface area contributed by atoms with Crippen LogP contribution in [0.5, 0.6) is 0 Å². The number of carbonyl (C=O) groups is 1. The average molecular weight is 168 g/mol. The fourth-order valence-electron chi connectivity index (χ4n) is 0.611. The summed E-state index contributed by atoms with van der Waals surface area (Å²) in [5.41, 5.74) is 8.50. The molecule has 2 amide bonds. The molecule has 0 aliphatic carbocycles. The van der Waals surface area contributed by atoms with Crippen molar-refractivity contribution in [1.82, 2.24) is 0 Å². The van der Waals surface area contributed by atoms with E-state index in [9.17, 15) is 0 Å². The zero-order valence-corrected chi connectivity index (χ0v) is 6.60. The highest BCUT2D eigenvalue weighted by Crippen LogP contribution is 2.47. The van der Waals surface area contributed by atoms with Crippen LogP contribution in [0, 0.1) is 0 Å². The molecule has 0 fully saturated rings. The minimum absolute atomic E-state index is 0.833. The van der Waals surface area contributed by atoms with Gasteiger partial charge in [-0.05, 0) is 12.1 Å². The quantitative estimate of drug-likeness (QED) is 0.580. The summed E-state index contributed by atoms with van der Waals surface area (Å²) >= 11 is 1.86. The molecule has 4 heteroatoms. The van der Waals surface area contributed by atoms with E-state index in [4.69, 9.17) is 4.79 Å². The van der Waals surface area contributed by atoms with E-state index in [0.717, 1.165) is 0 Å². The highest BCUT2D eigenvalue weighted by molar-refractivity contribution is 8.04. The molecule has 0 bridgehead atoms. The molecule has 1 aromatic carbocycles. The predicted octanol–water partition coefficient (Wildman–Crippen LogP) is 1.17. The summed E-state index contributed by atoms with van der Waals surface area (Å²) in [5, 5.41) is 0. The summed E-state index contributed by atoms with van der Waals surface area (Å²) in [4.78, 5) is 11.9. The van der Waals surface area contributed by atoms with E-state index in [-0.39, 0.29) is 0 Å². The van der Waals surface area contributed by atoms with E-state index in [1.165, 1.54) is 9.79 Å². The number of amides is 2. The Morgan fingerprint density at radius 3 is 1.82 bits per heavy atom. The van der Waals surface area contributed by atoms with Gasteiger partial charge in [-0.3, -0.25) is 0 Å². The lowest BCUT2D eigenvalue weighted by atomic mass is 10.4. The molecular weight excluding hydrogens is 160 g/mol. The van der Waals surface area contributed by atoms with Crippen molar-refractivity contribution in [3.8, 4) is 0 Å². The Morgan fingerprint density at radius 2 is 1.55 bits per heavy atom. The van der Waals surface area contributed by atoms with Crippen LogP contribution in [0.4, 0.5) is 4.79 Å². The highest BCUT2D eigenvalue weighted by Gasteiger charge is 2.14. The number of primary amides is 2. The largest absolute Gasteiger partial charge is 0.352 e. The van der Waals surface area contributed by atoms with Crippen LogP contribution in [-0.2, 0) is 0 Å². The Hall–Kier alpha value is -1.16. The minimum atomic E-state index is -0.833.